The molecule has 1 aliphatic carbocycles. The number of Topliss-reactive ketones (excluding diaryl/α,β-unsaturated/α-hetero) is 1. The molecule has 0 saturated heterocycles. The summed E-state index contributed by atoms with van der Waals surface area (Å²) in [5, 5.41) is 0. The lowest BCUT2D eigenvalue weighted by atomic mass is 9.90. The molecule has 0 N–H and O–H groups in total. The van der Waals surface area contributed by atoms with Crippen LogP contribution < -0.4 is 4.74 Å². The molecule has 4 heteroatoms. The van der Waals surface area contributed by atoms with Crippen molar-refractivity contribution in [2.75, 3.05) is 13.2 Å². The van der Waals surface area contributed by atoms with Crippen LogP contribution in [0.25, 0.3) is 0 Å². The lowest BCUT2D eigenvalue weighted by Gasteiger charge is -2.47. The van der Waals surface area contributed by atoms with Gasteiger partial charge in [-0.2, -0.15) is 0 Å². The van der Waals surface area contributed by atoms with Gasteiger partial charge in [-0.05, 0) is 81.2 Å². The van der Waals surface area contributed by atoms with E-state index < -0.39 is 0 Å². The maximum atomic E-state index is 12.2. The first-order chi connectivity index (χ1) is 13.2. The van der Waals surface area contributed by atoms with Crippen LogP contribution in [0.3, 0.4) is 0 Å². The van der Waals surface area contributed by atoms with E-state index >= 15 is 0 Å². The molecule has 164 valence electrons. The SMILES string of the molecule is CC(C)(C)O[C@H](COc1cccc2c1CCCC2=O)CN(C(C)(C)C)C(C)(C)C. The van der Waals surface area contributed by atoms with Gasteiger partial charge in [0, 0.05) is 35.2 Å². The van der Waals surface area contributed by atoms with E-state index in [0.717, 1.165) is 36.3 Å². The summed E-state index contributed by atoms with van der Waals surface area (Å²) < 4.78 is 12.7. The second-order valence-corrected chi connectivity index (χ2v) is 11.2. The van der Waals surface area contributed by atoms with Crippen LogP contribution in [0.4, 0.5) is 0 Å². The van der Waals surface area contributed by atoms with Crippen molar-refractivity contribution in [1.29, 1.82) is 0 Å². The molecule has 0 bridgehead atoms. The summed E-state index contributed by atoms with van der Waals surface area (Å²) in [6.07, 6.45) is 2.36. The van der Waals surface area contributed by atoms with Crippen molar-refractivity contribution in [1.82, 2.24) is 4.90 Å². The number of fused-ring (bicyclic) bond motifs is 1. The number of ketones is 1. The van der Waals surface area contributed by atoms with Crippen molar-refractivity contribution in [2.24, 2.45) is 0 Å². The van der Waals surface area contributed by atoms with Crippen LogP contribution >= 0.6 is 0 Å². The second-order valence-electron chi connectivity index (χ2n) is 11.2. The molecule has 0 fully saturated rings. The Balaban J connectivity index is 2.22. The highest BCUT2D eigenvalue weighted by molar-refractivity contribution is 5.99. The van der Waals surface area contributed by atoms with Gasteiger partial charge in [0.05, 0.1) is 5.60 Å². The zero-order valence-corrected chi connectivity index (χ0v) is 20.0. The van der Waals surface area contributed by atoms with Gasteiger partial charge in [0.1, 0.15) is 18.5 Å². The fourth-order valence-corrected chi connectivity index (χ4v) is 4.34. The molecule has 2 rings (SSSR count). The van der Waals surface area contributed by atoms with Crippen LogP contribution in [-0.2, 0) is 11.2 Å². The average Bonchev–Trinajstić information content (AvgIpc) is 2.54. The predicted octanol–water partition coefficient (Wildman–Crippen LogP) is 5.67. The van der Waals surface area contributed by atoms with E-state index in [0.29, 0.717) is 13.0 Å². The minimum Gasteiger partial charge on any atom is -0.491 e. The maximum Gasteiger partial charge on any atom is 0.163 e. The van der Waals surface area contributed by atoms with Crippen LogP contribution in [0, 0.1) is 0 Å². The number of carbonyl (C=O) groups excluding carboxylic acids is 1. The van der Waals surface area contributed by atoms with Crippen LogP contribution in [-0.4, -0.2) is 46.6 Å². The van der Waals surface area contributed by atoms with Gasteiger partial charge in [0.25, 0.3) is 0 Å². The van der Waals surface area contributed by atoms with Gasteiger partial charge < -0.3 is 9.47 Å². The largest absolute Gasteiger partial charge is 0.491 e. The Bertz CT molecular complexity index is 690. The van der Waals surface area contributed by atoms with Crippen LogP contribution in [0.5, 0.6) is 5.75 Å². The summed E-state index contributed by atoms with van der Waals surface area (Å²) in [4.78, 5) is 14.7. The van der Waals surface area contributed by atoms with Gasteiger partial charge in [-0.25, -0.2) is 0 Å². The minimum atomic E-state index is -0.262. The molecule has 0 aliphatic heterocycles. The first kappa shape index (κ1) is 23.9. The van der Waals surface area contributed by atoms with Crippen molar-refractivity contribution in [2.45, 2.75) is 104 Å². The summed E-state index contributed by atoms with van der Waals surface area (Å²) in [6.45, 7) is 20.9. The van der Waals surface area contributed by atoms with Crippen molar-refractivity contribution >= 4 is 5.78 Å². The highest BCUT2D eigenvalue weighted by Crippen LogP contribution is 2.31. The molecule has 0 aromatic heterocycles. The fourth-order valence-electron chi connectivity index (χ4n) is 4.34. The first-order valence-electron chi connectivity index (χ1n) is 10.9. The molecule has 1 aliphatic rings. The molecule has 1 aromatic rings. The van der Waals surface area contributed by atoms with Crippen molar-refractivity contribution in [3.8, 4) is 5.75 Å². The van der Waals surface area contributed by atoms with Crippen LogP contribution in [0.2, 0.25) is 0 Å². The minimum absolute atomic E-state index is 0.00999. The normalized spacial score (nSPS) is 16.7. The van der Waals surface area contributed by atoms with Gasteiger partial charge in [0.15, 0.2) is 5.78 Å². The zero-order chi connectivity index (χ0) is 22.0. The molecule has 1 atom stereocenters. The van der Waals surface area contributed by atoms with E-state index in [9.17, 15) is 4.79 Å². The topological polar surface area (TPSA) is 38.8 Å². The number of hydrogen-bond acceptors (Lipinski definition) is 4. The molecule has 0 amide bonds. The molecular formula is C25H41NO3. The summed E-state index contributed by atoms with van der Waals surface area (Å²) in [5.41, 5.74) is 1.64. The second kappa shape index (κ2) is 8.77. The molecule has 4 nitrogen and oxygen atoms in total. The number of ether oxygens (including phenoxy) is 2. The quantitative estimate of drug-likeness (QED) is 0.614. The number of carbonyl (C=O) groups is 1. The van der Waals surface area contributed by atoms with E-state index in [1.54, 1.807) is 0 Å². The lowest BCUT2D eigenvalue weighted by molar-refractivity contribution is -0.107. The standard InChI is InChI=1S/C25H41NO3/c1-23(2,3)26(24(4,5)6)16-18(29-25(7,8)9)17-28-22-15-11-12-19-20(22)13-10-14-21(19)27/h11-12,15,18H,10,13-14,16-17H2,1-9H3/t18-/m0/s1. The third-order valence-electron chi connectivity index (χ3n) is 5.21. The monoisotopic (exact) mass is 403 g/mol. The number of nitrogens with zero attached hydrogens (tertiary/aromatic N) is 1. The summed E-state index contributed by atoms with van der Waals surface area (Å²) in [7, 11) is 0. The average molecular weight is 404 g/mol. The zero-order valence-electron chi connectivity index (χ0n) is 20.0. The van der Waals surface area contributed by atoms with E-state index in [2.05, 4.69) is 67.2 Å². The summed E-state index contributed by atoms with van der Waals surface area (Å²) >= 11 is 0. The highest BCUT2D eigenvalue weighted by Gasteiger charge is 2.35. The fraction of sp³-hybridized carbons (Fsp3) is 0.720. The molecule has 0 heterocycles. The Morgan fingerprint density at radius 2 is 1.59 bits per heavy atom. The van der Waals surface area contributed by atoms with Crippen molar-refractivity contribution in [3.63, 3.8) is 0 Å². The molecule has 0 saturated carbocycles. The van der Waals surface area contributed by atoms with E-state index in [1.807, 2.05) is 18.2 Å². The Kier molecular flexibility index (Phi) is 7.22. The molecule has 0 unspecified atom stereocenters. The Morgan fingerprint density at radius 1 is 0.966 bits per heavy atom. The maximum absolute atomic E-state index is 12.2. The third-order valence-corrected chi connectivity index (χ3v) is 5.21. The number of rotatable bonds is 6. The lowest BCUT2D eigenvalue weighted by Crippen LogP contribution is -2.56. The Morgan fingerprint density at radius 3 is 2.14 bits per heavy atom. The first-order valence-corrected chi connectivity index (χ1v) is 10.9. The molecule has 1 aromatic carbocycles. The van der Waals surface area contributed by atoms with E-state index in [4.69, 9.17) is 9.47 Å². The van der Waals surface area contributed by atoms with Crippen molar-refractivity contribution in [3.05, 3.63) is 29.3 Å². The number of hydrogen-bond donors (Lipinski definition) is 0. The number of benzene rings is 1. The molecule has 0 spiro atoms. The molecule has 0 radical (unpaired) electrons. The Hall–Kier alpha value is -1.39. The van der Waals surface area contributed by atoms with E-state index in [-0.39, 0.29) is 28.6 Å². The van der Waals surface area contributed by atoms with Crippen LogP contribution in [0.1, 0.15) is 91.1 Å². The highest BCUT2D eigenvalue weighted by atomic mass is 16.5. The van der Waals surface area contributed by atoms with Crippen LogP contribution in [0.15, 0.2) is 18.2 Å². The smallest absolute Gasteiger partial charge is 0.163 e. The summed E-state index contributed by atoms with van der Waals surface area (Å²) in [5.74, 6) is 1.06. The predicted molar refractivity (Wildman–Crippen MR) is 120 cm³/mol. The van der Waals surface area contributed by atoms with Gasteiger partial charge in [-0.1, -0.05) is 12.1 Å². The Labute approximate surface area is 178 Å². The van der Waals surface area contributed by atoms with Gasteiger partial charge >= 0.3 is 0 Å². The van der Waals surface area contributed by atoms with E-state index in [1.165, 1.54) is 0 Å². The molecule has 29 heavy (non-hydrogen) atoms. The van der Waals surface area contributed by atoms with Gasteiger partial charge in [-0.3, -0.25) is 9.69 Å². The van der Waals surface area contributed by atoms with Gasteiger partial charge in [0.2, 0.25) is 0 Å². The summed E-state index contributed by atoms with van der Waals surface area (Å²) in [6, 6.07) is 5.83. The molecular weight excluding hydrogens is 362 g/mol. The van der Waals surface area contributed by atoms with Crippen molar-refractivity contribution < 1.29 is 14.3 Å². The third kappa shape index (κ3) is 6.82. The van der Waals surface area contributed by atoms with Gasteiger partial charge in [-0.15, -0.1) is 0 Å².